The standard InChI is InChI=1S/C18H18N4O4S/c1-12(23)20-14-6-4-13(5-7-14)11-19-16(24)8-9-22-18(25)26-17(21-22)15-3-2-10-27-15/h2-7,10H,8-9,11H2,1H3,(H,19,24)(H,20,23). The maximum Gasteiger partial charge on any atom is 0.437 e. The summed E-state index contributed by atoms with van der Waals surface area (Å²) in [7, 11) is 0. The Kier molecular flexibility index (Phi) is 5.82. The zero-order valence-electron chi connectivity index (χ0n) is 14.6. The number of amides is 2. The van der Waals surface area contributed by atoms with E-state index in [-0.39, 0.29) is 30.7 Å². The van der Waals surface area contributed by atoms with Gasteiger partial charge < -0.3 is 15.1 Å². The molecule has 1 aromatic carbocycles. The van der Waals surface area contributed by atoms with Crippen LogP contribution in [0.5, 0.6) is 0 Å². The summed E-state index contributed by atoms with van der Waals surface area (Å²) in [5.74, 6) is -0.663. The van der Waals surface area contributed by atoms with E-state index in [1.165, 1.54) is 18.3 Å². The largest absolute Gasteiger partial charge is 0.437 e. The Morgan fingerprint density at radius 3 is 2.67 bits per heavy atom. The molecule has 0 aliphatic heterocycles. The zero-order chi connectivity index (χ0) is 19.2. The van der Waals surface area contributed by atoms with Gasteiger partial charge in [-0.05, 0) is 29.1 Å². The third kappa shape index (κ3) is 5.14. The molecule has 0 saturated carbocycles. The summed E-state index contributed by atoms with van der Waals surface area (Å²) in [6.45, 7) is 1.94. The van der Waals surface area contributed by atoms with Crippen LogP contribution in [-0.4, -0.2) is 21.6 Å². The molecular formula is C18H18N4O4S. The highest BCUT2D eigenvalue weighted by molar-refractivity contribution is 7.13. The van der Waals surface area contributed by atoms with E-state index in [2.05, 4.69) is 15.7 Å². The normalized spacial score (nSPS) is 10.6. The van der Waals surface area contributed by atoms with Crippen molar-refractivity contribution in [3.05, 3.63) is 57.9 Å². The quantitative estimate of drug-likeness (QED) is 0.648. The molecule has 0 radical (unpaired) electrons. The van der Waals surface area contributed by atoms with E-state index in [1.54, 1.807) is 12.1 Å². The second kappa shape index (κ2) is 8.45. The second-order valence-electron chi connectivity index (χ2n) is 5.78. The fourth-order valence-corrected chi connectivity index (χ4v) is 3.00. The number of hydrogen-bond acceptors (Lipinski definition) is 6. The van der Waals surface area contributed by atoms with Crippen molar-refractivity contribution < 1.29 is 14.0 Å². The Labute approximate surface area is 158 Å². The SMILES string of the molecule is CC(=O)Nc1ccc(CNC(=O)CCn2nc(-c3cccs3)oc2=O)cc1. The van der Waals surface area contributed by atoms with Crippen molar-refractivity contribution in [1.29, 1.82) is 0 Å². The van der Waals surface area contributed by atoms with Crippen molar-refractivity contribution >= 4 is 28.8 Å². The van der Waals surface area contributed by atoms with E-state index < -0.39 is 5.76 Å². The van der Waals surface area contributed by atoms with Crippen LogP contribution in [0.15, 0.2) is 51.0 Å². The van der Waals surface area contributed by atoms with Gasteiger partial charge in [-0.2, -0.15) is 4.68 Å². The van der Waals surface area contributed by atoms with Crippen molar-refractivity contribution in [3.8, 4) is 10.8 Å². The molecule has 0 fully saturated rings. The molecule has 0 spiro atoms. The summed E-state index contributed by atoms with van der Waals surface area (Å²) in [5, 5.41) is 11.4. The first kappa shape index (κ1) is 18.6. The number of aryl methyl sites for hydroxylation is 1. The summed E-state index contributed by atoms with van der Waals surface area (Å²) >= 11 is 1.42. The molecule has 0 saturated heterocycles. The van der Waals surface area contributed by atoms with Crippen LogP contribution in [0.3, 0.4) is 0 Å². The van der Waals surface area contributed by atoms with Crippen LogP contribution in [0.1, 0.15) is 18.9 Å². The Morgan fingerprint density at radius 1 is 1.22 bits per heavy atom. The molecule has 0 aliphatic rings. The van der Waals surface area contributed by atoms with E-state index in [4.69, 9.17) is 4.42 Å². The van der Waals surface area contributed by atoms with E-state index in [0.29, 0.717) is 12.2 Å². The van der Waals surface area contributed by atoms with Crippen LogP contribution in [0.25, 0.3) is 10.8 Å². The molecule has 8 nitrogen and oxygen atoms in total. The highest BCUT2D eigenvalue weighted by Crippen LogP contribution is 2.21. The minimum Gasteiger partial charge on any atom is -0.387 e. The third-order valence-electron chi connectivity index (χ3n) is 3.65. The van der Waals surface area contributed by atoms with Crippen LogP contribution >= 0.6 is 11.3 Å². The number of benzene rings is 1. The summed E-state index contributed by atoms with van der Waals surface area (Å²) in [6, 6.07) is 10.8. The number of aromatic nitrogens is 2. The number of carbonyl (C=O) groups is 2. The fourth-order valence-electron chi connectivity index (χ4n) is 2.35. The maximum absolute atomic E-state index is 12.0. The predicted octanol–water partition coefficient (Wildman–Crippen LogP) is 2.23. The molecule has 2 N–H and O–H groups in total. The van der Waals surface area contributed by atoms with Gasteiger partial charge in [-0.3, -0.25) is 9.59 Å². The van der Waals surface area contributed by atoms with Gasteiger partial charge in [-0.1, -0.05) is 18.2 Å². The van der Waals surface area contributed by atoms with Gasteiger partial charge in [0.25, 0.3) is 5.89 Å². The molecule has 140 valence electrons. The molecule has 9 heteroatoms. The van der Waals surface area contributed by atoms with Gasteiger partial charge in [-0.15, -0.1) is 16.4 Å². The summed E-state index contributed by atoms with van der Waals surface area (Å²) in [6.07, 6.45) is 0.111. The lowest BCUT2D eigenvalue weighted by Crippen LogP contribution is -2.26. The van der Waals surface area contributed by atoms with Crippen molar-refractivity contribution in [1.82, 2.24) is 15.1 Å². The van der Waals surface area contributed by atoms with Gasteiger partial charge in [0, 0.05) is 25.6 Å². The van der Waals surface area contributed by atoms with Crippen LogP contribution in [0.2, 0.25) is 0 Å². The molecule has 0 bridgehead atoms. The van der Waals surface area contributed by atoms with Crippen LogP contribution in [0.4, 0.5) is 5.69 Å². The summed E-state index contributed by atoms with van der Waals surface area (Å²) in [4.78, 5) is 35.6. The molecule has 0 atom stereocenters. The Hall–Kier alpha value is -3.20. The van der Waals surface area contributed by atoms with Gasteiger partial charge in [0.2, 0.25) is 11.8 Å². The number of thiophene rings is 1. The molecule has 3 aromatic rings. The van der Waals surface area contributed by atoms with Crippen molar-refractivity contribution in [2.75, 3.05) is 5.32 Å². The summed E-state index contributed by atoms with van der Waals surface area (Å²) in [5.41, 5.74) is 1.60. The molecule has 2 aromatic heterocycles. The van der Waals surface area contributed by atoms with Crippen molar-refractivity contribution in [2.45, 2.75) is 26.4 Å². The van der Waals surface area contributed by atoms with Gasteiger partial charge in [0.05, 0.1) is 11.4 Å². The number of anilines is 1. The number of nitrogens with zero attached hydrogens (tertiary/aromatic N) is 2. The molecule has 27 heavy (non-hydrogen) atoms. The molecule has 3 rings (SSSR count). The zero-order valence-corrected chi connectivity index (χ0v) is 15.4. The number of rotatable bonds is 7. The van der Waals surface area contributed by atoms with Crippen LogP contribution in [-0.2, 0) is 22.7 Å². The minimum atomic E-state index is -0.584. The lowest BCUT2D eigenvalue weighted by Gasteiger charge is -2.07. The van der Waals surface area contributed by atoms with Crippen LogP contribution < -0.4 is 16.4 Å². The Bertz CT molecular complexity index is 974. The van der Waals surface area contributed by atoms with Gasteiger partial charge in [-0.25, -0.2) is 4.79 Å². The van der Waals surface area contributed by atoms with E-state index in [1.807, 2.05) is 29.6 Å². The van der Waals surface area contributed by atoms with E-state index >= 15 is 0 Å². The average Bonchev–Trinajstić information content (AvgIpc) is 3.28. The van der Waals surface area contributed by atoms with Crippen molar-refractivity contribution in [2.24, 2.45) is 0 Å². The number of nitrogens with one attached hydrogen (secondary N) is 2. The van der Waals surface area contributed by atoms with E-state index in [0.717, 1.165) is 15.1 Å². The average molecular weight is 386 g/mol. The molecule has 2 heterocycles. The molecule has 2 amide bonds. The lowest BCUT2D eigenvalue weighted by atomic mass is 10.2. The topological polar surface area (TPSA) is 106 Å². The minimum absolute atomic E-state index is 0.111. The highest BCUT2D eigenvalue weighted by atomic mass is 32.1. The van der Waals surface area contributed by atoms with Gasteiger partial charge >= 0.3 is 5.76 Å². The third-order valence-corrected chi connectivity index (χ3v) is 4.51. The van der Waals surface area contributed by atoms with Gasteiger partial charge in [0.1, 0.15) is 0 Å². The van der Waals surface area contributed by atoms with Crippen molar-refractivity contribution in [3.63, 3.8) is 0 Å². The lowest BCUT2D eigenvalue weighted by molar-refractivity contribution is -0.121. The van der Waals surface area contributed by atoms with Gasteiger partial charge in [0.15, 0.2) is 0 Å². The maximum atomic E-state index is 12.0. The second-order valence-corrected chi connectivity index (χ2v) is 6.73. The molecule has 0 aliphatic carbocycles. The summed E-state index contributed by atoms with van der Waals surface area (Å²) < 4.78 is 6.25. The smallest absolute Gasteiger partial charge is 0.387 e. The molecule has 0 unspecified atom stereocenters. The molecular weight excluding hydrogens is 368 g/mol. The highest BCUT2D eigenvalue weighted by Gasteiger charge is 2.12. The first-order valence-electron chi connectivity index (χ1n) is 8.26. The number of carbonyl (C=O) groups excluding carboxylic acids is 2. The predicted molar refractivity (Wildman–Crippen MR) is 101 cm³/mol. The first-order valence-corrected chi connectivity index (χ1v) is 9.14. The fraction of sp³-hybridized carbons (Fsp3) is 0.222. The first-order chi connectivity index (χ1) is 13.0. The number of hydrogen-bond donors (Lipinski definition) is 2. The Balaban J connectivity index is 1.49. The van der Waals surface area contributed by atoms with E-state index in [9.17, 15) is 14.4 Å². The van der Waals surface area contributed by atoms with Crippen LogP contribution in [0, 0.1) is 0 Å². The monoisotopic (exact) mass is 386 g/mol. The Morgan fingerprint density at radius 2 is 2.00 bits per heavy atom.